The van der Waals surface area contributed by atoms with Crippen LogP contribution in [0.2, 0.25) is 0 Å². The number of likely N-dealkylation sites (tertiary alicyclic amines) is 1. The molecule has 1 N–H and O–H groups in total. The maximum absolute atomic E-state index is 13.4. The smallest absolute Gasteiger partial charge is 0.433 e. The lowest BCUT2D eigenvalue weighted by molar-refractivity contribution is -0.142. The van der Waals surface area contributed by atoms with Crippen molar-refractivity contribution in [2.75, 3.05) is 20.2 Å². The third-order valence-corrected chi connectivity index (χ3v) is 5.22. The number of benzene rings is 1. The molecule has 1 saturated heterocycles. The molecule has 154 valence electrons. The van der Waals surface area contributed by atoms with E-state index in [2.05, 4.69) is 20.0 Å². The largest absolute Gasteiger partial charge is 0.504 e. The summed E-state index contributed by atoms with van der Waals surface area (Å²) in [7, 11) is 1.50. The van der Waals surface area contributed by atoms with E-state index in [9.17, 15) is 18.3 Å². The van der Waals surface area contributed by atoms with E-state index >= 15 is 0 Å². The molecular formula is C19H20F3N5O2. The molecule has 1 aliphatic heterocycles. The second-order valence-electron chi connectivity index (χ2n) is 7.09. The molecule has 1 aromatic carbocycles. The van der Waals surface area contributed by atoms with Crippen molar-refractivity contribution in [2.24, 2.45) is 0 Å². The Morgan fingerprint density at radius 1 is 1.21 bits per heavy atom. The fourth-order valence-electron chi connectivity index (χ4n) is 3.71. The lowest BCUT2D eigenvalue weighted by Crippen LogP contribution is -2.33. The van der Waals surface area contributed by atoms with E-state index in [1.165, 1.54) is 7.11 Å². The molecule has 0 atom stereocenters. The van der Waals surface area contributed by atoms with Crippen LogP contribution in [-0.4, -0.2) is 49.8 Å². The van der Waals surface area contributed by atoms with Crippen molar-refractivity contribution in [1.29, 1.82) is 0 Å². The molecule has 0 amide bonds. The van der Waals surface area contributed by atoms with Gasteiger partial charge < -0.3 is 9.84 Å². The summed E-state index contributed by atoms with van der Waals surface area (Å²) in [5, 5.41) is 13.3. The molecule has 1 aliphatic rings. The number of alkyl halides is 3. The third kappa shape index (κ3) is 3.98. The van der Waals surface area contributed by atoms with Crippen LogP contribution in [-0.2, 0) is 12.7 Å². The number of hydrogen-bond acceptors (Lipinski definition) is 6. The van der Waals surface area contributed by atoms with Gasteiger partial charge in [0.1, 0.15) is 6.33 Å². The van der Waals surface area contributed by atoms with Gasteiger partial charge in [-0.25, -0.2) is 4.98 Å². The van der Waals surface area contributed by atoms with Gasteiger partial charge >= 0.3 is 6.18 Å². The van der Waals surface area contributed by atoms with Gasteiger partial charge in [-0.05, 0) is 49.7 Å². The van der Waals surface area contributed by atoms with Crippen LogP contribution in [0.5, 0.6) is 11.5 Å². The van der Waals surface area contributed by atoms with Gasteiger partial charge in [-0.15, -0.1) is 0 Å². The number of aromatic hydroxyl groups is 1. The van der Waals surface area contributed by atoms with E-state index in [4.69, 9.17) is 4.74 Å². The highest BCUT2D eigenvalue weighted by atomic mass is 19.4. The number of hydrogen-bond donors (Lipinski definition) is 1. The van der Waals surface area contributed by atoms with Crippen LogP contribution in [0, 0.1) is 0 Å². The zero-order chi connectivity index (χ0) is 20.6. The molecule has 3 heterocycles. The highest BCUT2D eigenvalue weighted by Gasteiger charge is 2.36. The van der Waals surface area contributed by atoms with Crippen LogP contribution in [0.15, 0.2) is 30.6 Å². The Balaban J connectivity index is 1.47. The van der Waals surface area contributed by atoms with Crippen molar-refractivity contribution in [3.63, 3.8) is 0 Å². The predicted octanol–water partition coefficient (Wildman–Crippen LogP) is 3.24. The second-order valence-corrected chi connectivity index (χ2v) is 7.09. The quantitative estimate of drug-likeness (QED) is 0.716. The number of methoxy groups -OCH3 is 1. The number of halogens is 3. The molecule has 1 fully saturated rings. The molecular weight excluding hydrogens is 387 g/mol. The van der Waals surface area contributed by atoms with Crippen LogP contribution in [0.4, 0.5) is 13.2 Å². The number of aromatic nitrogens is 4. The fourth-order valence-corrected chi connectivity index (χ4v) is 3.71. The molecule has 0 bridgehead atoms. The number of rotatable bonds is 4. The highest BCUT2D eigenvalue weighted by Crippen LogP contribution is 2.34. The Morgan fingerprint density at radius 3 is 2.66 bits per heavy atom. The van der Waals surface area contributed by atoms with E-state index in [0.717, 1.165) is 35.6 Å². The van der Waals surface area contributed by atoms with E-state index < -0.39 is 11.9 Å². The highest BCUT2D eigenvalue weighted by molar-refractivity contribution is 5.41. The van der Waals surface area contributed by atoms with Crippen molar-refractivity contribution in [2.45, 2.75) is 31.5 Å². The van der Waals surface area contributed by atoms with Gasteiger partial charge in [-0.1, -0.05) is 6.07 Å². The Labute approximate surface area is 164 Å². The van der Waals surface area contributed by atoms with Gasteiger partial charge in [-0.3, -0.25) is 4.90 Å². The van der Waals surface area contributed by atoms with Crippen molar-refractivity contribution in [3.05, 3.63) is 47.5 Å². The SMILES string of the molecule is COc1cc(CN2CCC(c3cc(C(F)(F)F)n4ncnc4n3)CC2)ccc1O. The van der Waals surface area contributed by atoms with E-state index in [1.54, 1.807) is 12.1 Å². The van der Waals surface area contributed by atoms with E-state index in [1.807, 2.05) is 6.07 Å². The average molecular weight is 407 g/mol. The molecule has 0 radical (unpaired) electrons. The number of nitrogens with zero attached hydrogens (tertiary/aromatic N) is 5. The molecule has 0 saturated carbocycles. The topological polar surface area (TPSA) is 75.8 Å². The predicted molar refractivity (Wildman–Crippen MR) is 97.7 cm³/mol. The van der Waals surface area contributed by atoms with Gasteiger partial charge in [0.25, 0.3) is 5.78 Å². The first-order chi connectivity index (χ1) is 13.8. The molecule has 3 aromatic rings. The van der Waals surface area contributed by atoms with Crippen LogP contribution >= 0.6 is 0 Å². The standard InChI is InChI=1S/C19H20F3N5O2/c1-29-16-8-12(2-3-15(16)28)10-26-6-4-13(5-7-26)14-9-17(19(20,21)22)27-18(25-14)23-11-24-27/h2-3,8-9,11,13,28H,4-7,10H2,1H3. The minimum absolute atomic E-state index is 0.0338. The first-order valence-corrected chi connectivity index (χ1v) is 9.21. The Kier molecular flexibility index (Phi) is 5.03. The van der Waals surface area contributed by atoms with E-state index in [0.29, 0.717) is 30.8 Å². The van der Waals surface area contributed by atoms with Crippen LogP contribution in [0.3, 0.4) is 0 Å². The van der Waals surface area contributed by atoms with E-state index in [-0.39, 0.29) is 17.4 Å². The number of phenolic OH excluding ortho intramolecular Hbond substituents is 1. The summed E-state index contributed by atoms with van der Waals surface area (Å²) in [4.78, 5) is 10.4. The summed E-state index contributed by atoms with van der Waals surface area (Å²) in [6.07, 6.45) is -2.05. The zero-order valence-corrected chi connectivity index (χ0v) is 15.7. The Morgan fingerprint density at radius 2 is 1.97 bits per heavy atom. The lowest BCUT2D eigenvalue weighted by Gasteiger charge is -2.32. The maximum Gasteiger partial charge on any atom is 0.433 e. The molecule has 7 nitrogen and oxygen atoms in total. The first-order valence-electron chi connectivity index (χ1n) is 9.21. The normalized spacial score (nSPS) is 16.4. The molecule has 0 unspecified atom stereocenters. The number of fused-ring (bicyclic) bond motifs is 1. The number of piperidine rings is 1. The molecule has 0 aliphatic carbocycles. The van der Waals surface area contributed by atoms with Gasteiger partial charge in [0.2, 0.25) is 0 Å². The number of ether oxygens (including phenoxy) is 1. The molecule has 2 aromatic heterocycles. The summed E-state index contributed by atoms with van der Waals surface area (Å²) in [5.41, 5.74) is 0.554. The molecule has 29 heavy (non-hydrogen) atoms. The monoisotopic (exact) mass is 407 g/mol. The molecule has 10 heteroatoms. The molecule has 0 spiro atoms. The summed E-state index contributed by atoms with van der Waals surface area (Å²) in [5.74, 6) is 0.407. The Hall–Kier alpha value is -2.88. The maximum atomic E-state index is 13.4. The van der Waals surface area contributed by atoms with Crippen molar-refractivity contribution in [1.82, 2.24) is 24.5 Å². The zero-order valence-electron chi connectivity index (χ0n) is 15.7. The average Bonchev–Trinajstić information content (AvgIpc) is 3.17. The van der Waals surface area contributed by atoms with Gasteiger partial charge in [-0.2, -0.15) is 27.8 Å². The van der Waals surface area contributed by atoms with Crippen molar-refractivity contribution < 1.29 is 23.0 Å². The fraction of sp³-hybridized carbons (Fsp3) is 0.421. The number of phenols is 1. The third-order valence-electron chi connectivity index (χ3n) is 5.22. The van der Waals surface area contributed by atoms with Crippen molar-refractivity contribution >= 4 is 5.78 Å². The summed E-state index contributed by atoms with van der Waals surface area (Å²) in [6.45, 7) is 2.14. The van der Waals surface area contributed by atoms with Crippen LogP contribution < -0.4 is 4.74 Å². The van der Waals surface area contributed by atoms with Crippen LogP contribution in [0.1, 0.15) is 35.7 Å². The summed E-state index contributed by atoms with van der Waals surface area (Å²) >= 11 is 0. The minimum Gasteiger partial charge on any atom is -0.504 e. The van der Waals surface area contributed by atoms with Gasteiger partial charge in [0.05, 0.1) is 7.11 Å². The van der Waals surface area contributed by atoms with Crippen LogP contribution in [0.25, 0.3) is 5.78 Å². The van der Waals surface area contributed by atoms with Crippen molar-refractivity contribution in [3.8, 4) is 11.5 Å². The first kappa shape index (κ1) is 19.4. The van der Waals surface area contributed by atoms with Gasteiger partial charge in [0, 0.05) is 18.2 Å². The Bertz CT molecular complexity index is 1010. The molecule has 4 rings (SSSR count). The summed E-state index contributed by atoms with van der Waals surface area (Å²) < 4.78 is 46.0. The second kappa shape index (κ2) is 7.51. The lowest BCUT2D eigenvalue weighted by atomic mass is 9.92. The minimum atomic E-state index is -4.53. The summed E-state index contributed by atoms with van der Waals surface area (Å²) in [6, 6.07) is 6.31. The van der Waals surface area contributed by atoms with Gasteiger partial charge in [0.15, 0.2) is 17.2 Å².